The summed E-state index contributed by atoms with van der Waals surface area (Å²) in [6.07, 6.45) is 3.72. The maximum atomic E-state index is 8.37. The van der Waals surface area contributed by atoms with E-state index in [4.69, 9.17) is 14.4 Å². The molecular formula is C11H9NO2. The molecule has 0 saturated carbocycles. The molecule has 0 aliphatic rings. The summed E-state index contributed by atoms with van der Waals surface area (Å²) in [5.41, 5.74) is 0. The van der Waals surface area contributed by atoms with Crippen LogP contribution < -0.4 is 4.74 Å². The van der Waals surface area contributed by atoms with Gasteiger partial charge in [-0.1, -0.05) is 12.1 Å². The number of hydrogen-bond acceptors (Lipinski definition) is 3. The van der Waals surface area contributed by atoms with Crippen LogP contribution in [0.2, 0.25) is 0 Å². The van der Waals surface area contributed by atoms with Crippen LogP contribution in [-0.4, -0.2) is 6.61 Å². The lowest BCUT2D eigenvalue weighted by Gasteiger charge is -2.03. The molecule has 1 heterocycles. The highest BCUT2D eigenvalue weighted by atomic mass is 16.5. The minimum atomic E-state index is 0.397. The lowest BCUT2D eigenvalue weighted by molar-refractivity contribution is 0.330. The van der Waals surface area contributed by atoms with E-state index < -0.39 is 0 Å². The van der Waals surface area contributed by atoms with Crippen molar-refractivity contribution in [1.82, 2.24) is 0 Å². The third kappa shape index (κ3) is 1.55. The lowest BCUT2D eigenvalue weighted by atomic mass is 10.2. The molecule has 3 heteroatoms. The van der Waals surface area contributed by atoms with Crippen LogP contribution in [0.4, 0.5) is 0 Å². The molecule has 1 aromatic carbocycles. The monoisotopic (exact) mass is 187 g/mol. The third-order valence-corrected chi connectivity index (χ3v) is 1.95. The molecule has 2 rings (SSSR count). The van der Waals surface area contributed by atoms with Crippen LogP contribution in [0.15, 0.2) is 35.1 Å². The normalized spacial score (nSPS) is 9.93. The second kappa shape index (κ2) is 3.84. The van der Waals surface area contributed by atoms with Crippen LogP contribution in [0, 0.1) is 11.3 Å². The summed E-state index contributed by atoms with van der Waals surface area (Å²) in [4.78, 5) is 0. The minimum absolute atomic E-state index is 0.397. The van der Waals surface area contributed by atoms with Crippen LogP contribution in [0.25, 0.3) is 10.8 Å². The molecule has 3 nitrogen and oxygen atoms in total. The minimum Gasteiger partial charge on any atom is -0.492 e. The first-order valence-corrected chi connectivity index (χ1v) is 4.36. The topological polar surface area (TPSA) is 46.2 Å². The van der Waals surface area contributed by atoms with Crippen LogP contribution in [0.5, 0.6) is 5.75 Å². The number of nitrogens with zero attached hydrogens (tertiary/aromatic N) is 1. The first kappa shape index (κ1) is 8.64. The van der Waals surface area contributed by atoms with Gasteiger partial charge < -0.3 is 9.15 Å². The predicted molar refractivity (Wildman–Crippen MR) is 51.9 cm³/mol. The number of rotatable bonds is 3. The first-order valence-electron chi connectivity index (χ1n) is 4.36. The predicted octanol–water partition coefficient (Wildman–Crippen LogP) is 2.73. The molecule has 1 aromatic heterocycles. The van der Waals surface area contributed by atoms with Crippen molar-refractivity contribution in [2.75, 3.05) is 6.61 Å². The fourth-order valence-electron chi connectivity index (χ4n) is 1.30. The Morgan fingerprint density at radius 1 is 1.36 bits per heavy atom. The van der Waals surface area contributed by atoms with Gasteiger partial charge in [-0.2, -0.15) is 5.26 Å². The van der Waals surface area contributed by atoms with E-state index in [1.807, 2.05) is 24.3 Å². The van der Waals surface area contributed by atoms with Crippen molar-refractivity contribution in [2.45, 2.75) is 6.42 Å². The van der Waals surface area contributed by atoms with Crippen LogP contribution >= 0.6 is 0 Å². The largest absolute Gasteiger partial charge is 0.492 e. The second-order valence-electron chi connectivity index (χ2n) is 2.89. The van der Waals surface area contributed by atoms with E-state index in [1.165, 1.54) is 0 Å². The molecule has 0 amide bonds. The maximum absolute atomic E-state index is 8.37. The number of ether oxygens (including phenoxy) is 1. The summed E-state index contributed by atoms with van der Waals surface area (Å²) >= 11 is 0. The summed E-state index contributed by atoms with van der Waals surface area (Å²) < 4.78 is 10.5. The van der Waals surface area contributed by atoms with Gasteiger partial charge in [0.15, 0.2) is 0 Å². The van der Waals surface area contributed by atoms with Gasteiger partial charge in [0, 0.05) is 5.39 Å². The Morgan fingerprint density at radius 2 is 2.29 bits per heavy atom. The number of nitriles is 1. The molecule has 70 valence electrons. The zero-order chi connectivity index (χ0) is 9.80. The van der Waals surface area contributed by atoms with E-state index in [0.717, 1.165) is 16.5 Å². The van der Waals surface area contributed by atoms with Gasteiger partial charge >= 0.3 is 0 Å². The van der Waals surface area contributed by atoms with E-state index in [-0.39, 0.29) is 0 Å². The molecule has 0 fully saturated rings. The molecule has 0 aliphatic carbocycles. The molecule has 2 aromatic rings. The zero-order valence-corrected chi connectivity index (χ0v) is 7.56. The van der Waals surface area contributed by atoms with Gasteiger partial charge in [0.1, 0.15) is 18.6 Å². The first-order chi connectivity index (χ1) is 6.92. The quantitative estimate of drug-likeness (QED) is 0.694. The van der Waals surface area contributed by atoms with Crippen molar-refractivity contribution in [3.05, 3.63) is 30.7 Å². The van der Waals surface area contributed by atoms with E-state index in [1.54, 1.807) is 12.5 Å². The molecule has 0 N–H and O–H groups in total. The Bertz CT molecular complexity index is 467. The zero-order valence-electron chi connectivity index (χ0n) is 7.56. The van der Waals surface area contributed by atoms with E-state index in [0.29, 0.717) is 13.0 Å². The Hall–Kier alpha value is -1.95. The summed E-state index contributed by atoms with van der Waals surface area (Å²) in [5.74, 6) is 0.770. The Labute approximate surface area is 81.5 Å². The number of fused-ring (bicyclic) bond motifs is 1. The third-order valence-electron chi connectivity index (χ3n) is 1.95. The van der Waals surface area contributed by atoms with Crippen molar-refractivity contribution >= 4 is 10.8 Å². The molecule has 0 bridgehead atoms. The number of benzene rings is 1. The molecular weight excluding hydrogens is 178 g/mol. The number of furan rings is 1. The van der Waals surface area contributed by atoms with Crippen molar-refractivity contribution in [3.8, 4) is 11.8 Å². The highest BCUT2D eigenvalue weighted by Crippen LogP contribution is 2.26. The molecule has 0 spiro atoms. The second-order valence-corrected chi connectivity index (χ2v) is 2.89. The molecule has 0 unspecified atom stereocenters. The Balaban J connectivity index is 2.24. The molecule has 0 saturated heterocycles. The molecule has 0 radical (unpaired) electrons. The summed E-state index contributed by atoms with van der Waals surface area (Å²) in [5, 5.41) is 10.3. The van der Waals surface area contributed by atoms with Crippen LogP contribution in [0.3, 0.4) is 0 Å². The van der Waals surface area contributed by atoms with E-state index in [9.17, 15) is 0 Å². The van der Waals surface area contributed by atoms with Crippen LogP contribution in [0.1, 0.15) is 6.42 Å². The fraction of sp³-hybridized carbons (Fsp3) is 0.182. The standard InChI is InChI=1S/C11H9NO2/c12-5-2-6-14-11-4-1-3-9-7-13-8-10(9)11/h1,3-4,7-8H,2,6H2. The molecule has 0 atom stereocenters. The van der Waals surface area contributed by atoms with Gasteiger partial charge in [-0.25, -0.2) is 0 Å². The van der Waals surface area contributed by atoms with E-state index in [2.05, 4.69) is 0 Å². The summed E-state index contributed by atoms with van der Waals surface area (Å²) in [6.45, 7) is 0.417. The Kier molecular flexibility index (Phi) is 2.37. The van der Waals surface area contributed by atoms with Crippen LogP contribution in [-0.2, 0) is 0 Å². The van der Waals surface area contributed by atoms with E-state index >= 15 is 0 Å². The summed E-state index contributed by atoms with van der Waals surface area (Å²) in [7, 11) is 0. The van der Waals surface area contributed by atoms with Gasteiger partial charge in [0.05, 0.1) is 24.1 Å². The van der Waals surface area contributed by atoms with Gasteiger partial charge in [-0.3, -0.25) is 0 Å². The highest BCUT2D eigenvalue weighted by molar-refractivity contribution is 5.86. The lowest BCUT2D eigenvalue weighted by Crippen LogP contribution is -1.95. The number of hydrogen-bond donors (Lipinski definition) is 0. The fourth-order valence-corrected chi connectivity index (χ4v) is 1.30. The summed E-state index contributed by atoms with van der Waals surface area (Å²) in [6, 6.07) is 7.76. The van der Waals surface area contributed by atoms with Gasteiger partial charge in [0.25, 0.3) is 0 Å². The van der Waals surface area contributed by atoms with Crippen molar-refractivity contribution in [2.24, 2.45) is 0 Å². The van der Waals surface area contributed by atoms with Crippen molar-refractivity contribution < 1.29 is 9.15 Å². The van der Waals surface area contributed by atoms with Gasteiger partial charge in [-0.05, 0) is 6.07 Å². The average molecular weight is 187 g/mol. The Morgan fingerprint density at radius 3 is 3.14 bits per heavy atom. The van der Waals surface area contributed by atoms with Crippen molar-refractivity contribution in [1.29, 1.82) is 5.26 Å². The molecule has 14 heavy (non-hydrogen) atoms. The average Bonchev–Trinajstić information content (AvgIpc) is 2.67. The highest BCUT2D eigenvalue weighted by Gasteiger charge is 2.02. The van der Waals surface area contributed by atoms with Gasteiger partial charge in [0.2, 0.25) is 0 Å². The van der Waals surface area contributed by atoms with Gasteiger partial charge in [-0.15, -0.1) is 0 Å². The SMILES string of the molecule is N#CCCOc1cccc2cocc12. The van der Waals surface area contributed by atoms with Crippen molar-refractivity contribution in [3.63, 3.8) is 0 Å². The maximum Gasteiger partial charge on any atom is 0.130 e. The molecule has 0 aliphatic heterocycles. The smallest absolute Gasteiger partial charge is 0.130 e.